The summed E-state index contributed by atoms with van der Waals surface area (Å²) in [6, 6.07) is 8.67. The van der Waals surface area contributed by atoms with Crippen LogP contribution in [0.1, 0.15) is 38.7 Å². The molecule has 1 atom stereocenters. The maximum absolute atomic E-state index is 5.97. The zero-order valence-corrected chi connectivity index (χ0v) is 19.0. The fraction of sp³-hybridized carbons (Fsp3) is 0.650. The number of halogens is 1. The average Bonchev–Trinajstić information content (AvgIpc) is 2.60. The summed E-state index contributed by atoms with van der Waals surface area (Å²) in [5.41, 5.74) is 1.21. The van der Waals surface area contributed by atoms with Gasteiger partial charge in [-0.05, 0) is 57.4 Å². The molecule has 0 spiro atoms. The van der Waals surface area contributed by atoms with Crippen LogP contribution in [0.3, 0.4) is 0 Å². The molecule has 1 saturated heterocycles. The minimum absolute atomic E-state index is 0. The number of ether oxygens (including phenoxy) is 1. The predicted octanol–water partition coefficient (Wildman–Crippen LogP) is 3.42. The van der Waals surface area contributed by atoms with Crippen molar-refractivity contribution < 1.29 is 4.74 Å². The molecular weight excluding hydrogens is 439 g/mol. The lowest BCUT2D eigenvalue weighted by atomic mass is 10.1. The van der Waals surface area contributed by atoms with Gasteiger partial charge in [-0.15, -0.1) is 24.0 Å². The van der Waals surface area contributed by atoms with Crippen molar-refractivity contribution in [3.8, 4) is 5.75 Å². The maximum Gasteiger partial charge on any atom is 0.191 e. The molecule has 1 fully saturated rings. The van der Waals surface area contributed by atoms with Gasteiger partial charge in [0.25, 0.3) is 0 Å². The number of nitrogens with zero attached hydrogens (tertiary/aromatic N) is 2. The van der Waals surface area contributed by atoms with E-state index < -0.39 is 0 Å². The van der Waals surface area contributed by atoms with Crippen molar-refractivity contribution in [2.75, 3.05) is 33.2 Å². The summed E-state index contributed by atoms with van der Waals surface area (Å²) in [7, 11) is 1.83. The molecule has 0 radical (unpaired) electrons. The second kappa shape index (κ2) is 12.4. The lowest BCUT2D eigenvalue weighted by Gasteiger charge is -2.33. The van der Waals surface area contributed by atoms with Crippen molar-refractivity contribution in [3.05, 3.63) is 29.8 Å². The van der Waals surface area contributed by atoms with Gasteiger partial charge in [0.1, 0.15) is 11.9 Å². The average molecular weight is 474 g/mol. The van der Waals surface area contributed by atoms with E-state index in [4.69, 9.17) is 4.74 Å². The summed E-state index contributed by atoms with van der Waals surface area (Å²) >= 11 is 0. The second-order valence-corrected chi connectivity index (χ2v) is 6.96. The molecule has 0 aliphatic carbocycles. The number of hydrogen-bond donors (Lipinski definition) is 2. The predicted molar refractivity (Wildman–Crippen MR) is 121 cm³/mol. The number of piperidine rings is 1. The van der Waals surface area contributed by atoms with Gasteiger partial charge < -0.3 is 20.3 Å². The first-order chi connectivity index (χ1) is 12.1. The van der Waals surface area contributed by atoms with Crippen LogP contribution in [0.15, 0.2) is 29.3 Å². The fourth-order valence-corrected chi connectivity index (χ4v) is 3.21. The number of nitrogens with one attached hydrogen (secondary N) is 2. The quantitative estimate of drug-likeness (QED) is 0.361. The third kappa shape index (κ3) is 8.12. The zero-order valence-electron chi connectivity index (χ0n) is 16.6. The van der Waals surface area contributed by atoms with E-state index in [0.717, 1.165) is 18.3 Å². The van der Waals surface area contributed by atoms with E-state index in [1.807, 2.05) is 19.2 Å². The van der Waals surface area contributed by atoms with Gasteiger partial charge in [-0.25, -0.2) is 0 Å². The molecule has 0 amide bonds. The summed E-state index contributed by atoms with van der Waals surface area (Å²) in [6.45, 7) is 10.7. The maximum atomic E-state index is 5.97. The van der Waals surface area contributed by atoms with Gasteiger partial charge in [0.05, 0.1) is 6.54 Å². The zero-order chi connectivity index (χ0) is 18.1. The Labute approximate surface area is 176 Å². The molecule has 1 aromatic carbocycles. The van der Waals surface area contributed by atoms with Crippen LogP contribution in [0, 0.1) is 6.92 Å². The number of rotatable bonds is 7. The number of hydrogen-bond acceptors (Lipinski definition) is 3. The van der Waals surface area contributed by atoms with E-state index in [9.17, 15) is 0 Å². The number of benzene rings is 1. The monoisotopic (exact) mass is 474 g/mol. The molecule has 148 valence electrons. The molecule has 0 saturated carbocycles. The number of aryl methyl sites for hydroxylation is 1. The largest absolute Gasteiger partial charge is 0.489 e. The number of aliphatic imine (C=N–C) groups is 1. The second-order valence-electron chi connectivity index (χ2n) is 6.96. The van der Waals surface area contributed by atoms with Crippen molar-refractivity contribution in [1.82, 2.24) is 15.5 Å². The highest BCUT2D eigenvalue weighted by Gasteiger charge is 2.19. The SMILES string of the molecule is CCCN1CCC(NC(=NC)NCC(C)Oc2cccc(C)c2)CC1.I. The van der Waals surface area contributed by atoms with Crippen molar-refractivity contribution in [2.24, 2.45) is 4.99 Å². The van der Waals surface area contributed by atoms with Crippen molar-refractivity contribution in [2.45, 2.75) is 52.2 Å². The van der Waals surface area contributed by atoms with Gasteiger partial charge in [0.2, 0.25) is 0 Å². The smallest absolute Gasteiger partial charge is 0.191 e. The summed E-state index contributed by atoms with van der Waals surface area (Å²) in [4.78, 5) is 6.90. The van der Waals surface area contributed by atoms with Crippen LogP contribution in [-0.2, 0) is 0 Å². The van der Waals surface area contributed by atoms with Crippen LogP contribution in [-0.4, -0.2) is 56.2 Å². The molecule has 2 rings (SSSR count). The lowest BCUT2D eigenvalue weighted by molar-refractivity contribution is 0.205. The molecule has 1 unspecified atom stereocenters. The number of likely N-dealkylation sites (tertiary alicyclic amines) is 1. The Morgan fingerprint density at radius 2 is 2.08 bits per heavy atom. The summed E-state index contributed by atoms with van der Waals surface area (Å²) in [6.07, 6.45) is 3.67. The van der Waals surface area contributed by atoms with E-state index in [-0.39, 0.29) is 30.1 Å². The van der Waals surface area contributed by atoms with Crippen LogP contribution in [0.5, 0.6) is 5.75 Å². The van der Waals surface area contributed by atoms with Crippen LogP contribution in [0.25, 0.3) is 0 Å². The van der Waals surface area contributed by atoms with Crippen LogP contribution < -0.4 is 15.4 Å². The number of guanidine groups is 1. The van der Waals surface area contributed by atoms with Crippen molar-refractivity contribution >= 4 is 29.9 Å². The Hall–Kier alpha value is -1.02. The Bertz CT molecular complexity index is 544. The van der Waals surface area contributed by atoms with Gasteiger partial charge >= 0.3 is 0 Å². The molecule has 26 heavy (non-hydrogen) atoms. The molecule has 0 bridgehead atoms. The molecule has 6 heteroatoms. The minimum Gasteiger partial charge on any atom is -0.489 e. The van der Waals surface area contributed by atoms with Crippen molar-refractivity contribution in [1.29, 1.82) is 0 Å². The summed E-state index contributed by atoms with van der Waals surface area (Å²) in [5.74, 6) is 1.79. The molecule has 1 aliphatic rings. The normalized spacial score (nSPS) is 17.3. The van der Waals surface area contributed by atoms with Gasteiger partial charge in [-0.2, -0.15) is 0 Å². The highest BCUT2D eigenvalue weighted by Crippen LogP contribution is 2.14. The first-order valence-corrected chi connectivity index (χ1v) is 9.53. The Balaban J connectivity index is 0.00000338. The van der Waals surface area contributed by atoms with Gasteiger partial charge in [-0.3, -0.25) is 4.99 Å². The minimum atomic E-state index is 0. The molecule has 1 aromatic rings. The van der Waals surface area contributed by atoms with E-state index in [1.165, 1.54) is 44.5 Å². The van der Waals surface area contributed by atoms with E-state index in [2.05, 4.69) is 53.4 Å². The third-order valence-electron chi connectivity index (χ3n) is 4.58. The van der Waals surface area contributed by atoms with Crippen molar-refractivity contribution in [3.63, 3.8) is 0 Å². The molecule has 1 aliphatic heterocycles. The van der Waals surface area contributed by atoms with Gasteiger partial charge in [-0.1, -0.05) is 19.1 Å². The standard InChI is InChI=1S/C20H34N4O.HI/c1-5-11-24-12-9-18(10-13-24)23-20(21-4)22-15-17(3)25-19-8-6-7-16(2)14-19;/h6-8,14,17-18H,5,9-13,15H2,1-4H3,(H2,21,22,23);1H. The van der Waals surface area contributed by atoms with E-state index in [0.29, 0.717) is 6.04 Å². The summed E-state index contributed by atoms with van der Waals surface area (Å²) < 4.78 is 5.97. The van der Waals surface area contributed by atoms with E-state index in [1.54, 1.807) is 0 Å². The Morgan fingerprint density at radius 1 is 1.35 bits per heavy atom. The molecule has 2 N–H and O–H groups in total. The molecular formula is C20H35IN4O. The molecule has 5 nitrogen and oxygen atoms in total. The highest BCUT2D eigenvalue weighted by molar-refractivity contribution is 14.0. The Kier molecular flexibility index (Phi) is 11.0. The first kappa shape index (κ1) is 23.0. The van der Waals surface area contributed by atoms with Gasteiger partial charge in [0.15, 0.2) is 5.96 Å². The Morgan fingerprint density at radius 3 is 2.69 bits per heavy atom. The van der Waals surface area contributed by atoms with Crippen LogP contribution in [0.4, 0.5) is 0 Å². The van der Waals surface area contributed by atoms with E-state index >= 15 is 0 Å². The fourth-order valence-electron chi connectivity index (χ4n) is 3.21. The topological polar surface area (TPSA) is 48.9 Å². The highest BCUT2D eigenvalue weighted by atomic mass is 127. The third-order valence-corrected chi connectivity index (χ3v) is 4.58. The van der Waals surface area contributed by atoms with Crippen LogP contribution >= 0.6 is 24.0 Å². The first-order valence-electron chi connectivity index (χ1n) is 9.53. The van der Waals surface area contributed by atoms with Gasteiger partial charge in [0, 0.05) is 26.2 Å². The lowest BCUT2D eigenvalue weighted by Crippen LogP contribution is -2.50. The molecule has 1 heterocycles. The summed E-state index contributed by atoms with van der Waals surface area (Å²) in [5, 5.41) is 6.94. The van der Waals surface area contributed by atoms with Crippen LogP contribution in [0.2, 0.25) is 0 Å². The molecule has 0 aromatic heterocycles.